The molecule has 0 unspecified atom stereocenters. The number of rotatable bonds is 44. The molecule has 0 aromatic rings. The van der Waals surface area contributed by atoms with Gasteiger partial charge >= 0.3 is 59.7 Å². The van der Waals surface area contributed by atoms with Crippen molar-refractivity contribution in [3.8, 4) is 0 Å². The van der Waals surface area contributed by atoms with Crippen LogP contribution in [0.2, 0.25) is 0 Å². The van der Waals surface area contributed by atoms with Crippen LogP contribution in [-0.2, 0) is 86.3 Å². The largest absolute Gasteiger partial charge is 0.481 e. The fourth-order valence-electron chi connectivity index (χ4n) is 6.80. The van der Waals surface area contributed by atoms with Gasteiger partial charge in [0.05, 0.1) is 0 Å². The number of carbonyl (C=O) groups excluding carboxylic acids is 8. The Labute approximate surface area is 461 Å². The van der Waals surface area contributed by atoms with Crippen LogP contribution in [0, 0.1) is 0 Å². The standard InChI is InChI=1S/C45H65N9O28/c46-19(37(65)66)1-10-28(55)47-20(38(67)68)2-11-29(56)48-21(39(69)70)3-12-30(57)49-22(40(71)72)4-13-31(58)50-23(41(73)74)5-14-32(59)51-24(42(75)76)6-15-33(60)52-25(43(77)78)7-16-34(61)53-26(44(79)80)8-17-35(62)54-27(45(81)82)9-18-36(63)64/h19-27H,1-18,46H2,(H,47,55)(H,48,56)(H,49,57)(H,50,58)(H,51,59)(H,52,60)(H,53,61)(H,54,62)(H,63,64)(H,65,66)(H,67,68)(H,69,70)(H,71,72)(H,73,74)(H,75,76)(H,77,78)(H,79,80)(H,81,82)/t19-,20-,21-,22-,23-,24-,25-,26-,27-/m1/s1. The predicted molar refractivity (Wildman–Crippen MR) is 263 cm³/mol. The van der Waals surface area contributed by atoms with Crippen LogP contribution in [-0.4, -0.2) is 212 Å². The number of carboxylic acid groups (broad SMARTS) is 10. The van der Waals surface area contributed by atoms with E-state index in [0.717, 1.165) is 0 Å². The highest BCUT2D eigenvalue weighted by Gasteiger charge is 2.31. The van der Waals surface area contributed by atoms with Crippen LogP contribution in [0.3, 0.4) is 0 Å². The number of carbonyl (C=O) groups is 18. The average Bonchev–Trinajstić information content (AvgIpc) is 3.37. The van der Waals surface area contributed by atoms with Crippen molar-refractivity contribution in [1.82, 2.24) is 42.5 Å². The molecule has 0 aliphatic carbocycles. The topological polar surface area (TPSA) is 632 Å². The van der Waals surface area contributed by atoms with E-state index >= 15 is 0 Å². The van der Waals surface area contributed by atoms with Gasteiger partial charge < -0.3 is 99.3 Å². The first kappa shape index (κ1) is 72.4. The van der Waals surface area contributed by atoms with Gasteiger partial charge in [-0.3, -0.25) is 47.9 Å². The Balaban J connectivity index is 5.21. The highest BCUT2D eigenvalue weighted by molar-refractivity contribution is 5.91. The number of aliphatic carboxylic acids is 10. The summed E-state index contributed by atoms with van der Waals surface area (Å²) in [5.74, 6) is -24.4. The van der Waals surface area contributed by atoms with Gasteiger partial charge in [-0.2, -0.15) is 0 Å². The summed E-state index contributed by atoms with van der Waals surface area (Å²) in [6.07, 6.45) is -11.5. The summed E-state index contributed by atoms with van der Waals surface area (Å²) < 4.78 is 0. The van der Waals surface area contributed by atoms with Crippen molar-refractivity contribution < 1.29 is 137 Å². The quantitative estimate of drug-likeness (QED) is 0.0270. The summed E-state index contributed by atoms with van der Waals surface area (Å²) in [7, 11) is 0. The van der Waals surface area contributed by atoms with Gasteiger partial charge in [-0.05, 0) is 57.8 Å². The lowest BCUT2D eigenvalue weighted by molar-refractivity contribution is -0.144. The van der Waals surface area contributed by atoms with Crippen molar-refractivity contribution in [3.63, 3.8) is 0 Å². The van der Waals surface area contributed by atoms with Crippen molar-refractivity contribution in [2.45, 2.75) is 170 Å². The summed E-state index contributed by atoms with van der Waals surface area (Å²) in [6, 6.07) is -15.5. The number of carboxylic acids is 10. The Morgan fingerprint density at radius 2 is 0.354 bits per heavy atom. The zero-order valence-electron chi connectivity index (χ0n) is 43.3. The first-order valence-corrected chi connectivity index (χ1v) is 24.5. The average molecular weight is 1180 g/mol. The van der Waals surface area contributed by atoms with Crippen LogP contribution in [0.15, 0.2) is 0 Å². The predicted octanol–water partition coefficient (Wildman–Crippen LogP) is -5.94. The van der Waals surface area contributed by atoms with Crippen molar-refractivity contribution in [2.24, 2.45) is 5.73 Å². The van der Waals surface area contributed by atoms with Crippen LogP contribution >= 0.6 is 0 Å². The molecule has 458 valence electrons. The molecular formula is C45H65N9O28. The van der Waals surface area contributed by atoms with Gasteiger partial charge in [-0.25, -0.2) is 38.4 Å². The van der Waals surface area contributed by atoms with Gasteiger partial charge in [0.25, 0.3) is 0 Å². The third kappa shape index (κ3) is 31.7. The van der Waals surface area contributed by atoms with Crippen LogP contribution in [0.5, 0.6) is 0 Å². The molecular weight excluding hydrogens is 1110 g/mol. The molecule has 0 fully saturated rings. The van der Waals surface area contributed by atoms with Crippen molar-refractivity contribution in [2.75, 3.05) is 0 Å². The molecule has 0 bridgehead atoms. The Morgan fingerprint density at radius 1 is 0.220 bits per heavy atom. The molecule has 37 heteroatoms. The molecule has 0 spiro atoms. The number of hydrogen-bond donors (Lipinski definition) is 19. The minimum atomic E-state index is -1.84. The number of nitrogens with one attached hydrogen (secondary N) is 8. The Morgan fingerprint density at radius 3 is 0.476 bits per heavy atom. The minimum Gasteiger partial charge on any atom is -0.481 e. The van der Waals surface area contributed by atoms with Crippen molar-refractivity contribution in [3.05, 3.63) is 0 Å². The maximum atomic E-state index is 12.7. The highest BCUT2D eigenvalue weighted by Crippen LogP contribution is 2.10. The lowest BCUT2D eigenvalue weighted by Gasteiger charge is -2.19. The van der Waals surface area contributed by atoms with E-state index < -0.39 is 270 Å². The molecule has 20 N–H and O–H groups in total. The smallest absolute Gasteiger partial charge is 0.326 e. The molecule has 0 aliphatic rings. The summed E-state index contributed by atoms with van der Waals surface area (Å²) in [5.41, 5.74) is 5.30. The molecule has 0 rings (SSSR count). The van der Waals surface area contributed by atoms with Gasteiger partial charge in [0.2, 0.25) is 47.3 Å². The molecule has 37 nitrogen and oxygen atoms in total. The summed E-state index contributed by atoms with van der Waals surface area (Å²) >= 11 is 0. The highest BCUT2D eigenvalue weighted by atomic mass is 16.4. The van der Waals surface area contributed by atoms with Gasteiger partial charge in [0, 0.05) is 57.8 Å². The maximum absolute atomic E-state index is 12.7. The van der Waals surface area contributed by atoms with Crippen LogP contribution in [0.4, 0.5) is 0 Å². The van der Waals surface area contributed by atoms with Gasteiger partial charge in [0.15, 0.2) is 0 Å². The van der Waals surface area contributed by atoms with E-state index in [1.54, 1.807) is 0 Å². The van der Waals surface area contributed by atoms with Crippen LogP contribution < -0.4 is 48.3 Å². The molecule has 0 radical (unpaired) electrons. The molecule has 9 atom stereocenters. The van der Waals surface area contributed by atoms with E-state index in [4.69, 9.17) is 15.9 Å². The molecule has 0 aliphatic heterocycles. The number of amides is 8. The fraction of sp³-hybridized carbons (Fsp3) is 0.600. The van der Waals surface area contributed by atoms with E-state index in [9.17, 15) is 127 Å². The monoisotopic (exact) mass is 1180 g/mol. The van der Waals surface area contributed by atoms with E-state index in [0.29, 0.717) is 0 Å². The number of hydrogen-bond acceptors (Lipinski definition) is 19. The molecule has 8 amide bonds. The Kier molecular flexibility index (Phi) is 33.0. The van der Waals surface area contributed by atoms with Crippen LogP contribution in [0.25, 0.3) is 0 Å². The molecule has 0 saturated carbocycles. The third-order valence-corrected chi connectivity index (χ3v) is 11.3. The first-order valence-electron chi connectivity index (χ1n) is 24.5. The van der Waals surface area contributed by atoms with Gasteiger partial charge in [-0.15, -0.1) is 0 Å². The van der Waals surface area contributed by atoms with E-state index in [2.05, 4.69) is 5.32 Å². The van der Waals surface area contributed by atoms with E-state index in [1.165, 1.54) is 0 Å². The van der Waals surface area contributed by atoms with Crippen molar-refractivity contribution >= 4 is 107 Å². The second kappa shape index (κ2) is 37.3. The Bertz CT molecular complexity index is 2400. The minimum absolute atomic E-state index is 0.338. The molecule has 0 heterocycles. The number of nitrogens with two attached hydrogens (primary N) is 1. The van der Waals surface area contributed by atoms with Crippen LogP contribution in [0.1, 0.15) is 116 Å². The van der Waals surface area contributed by atoms with E-state index in [-0.39, 0.29) is 6.42 Å². The Hall–Kier alpha value is -9.58. The summed E-state index contributed by atoms with van der Waals surface area (Å²) in [6.45, 7) is 0. The van der Waals surface area contributed by atoms with E-state index in [1.807, 2.05) is 37.2 Å². The lowest BCUT2D eigenvalue weighted by atomic mass is 10.1. The molecule has 82 heavy (non-hydrogen) atoms. The zero-order valence-corrected chi connectivity index (χ0v) is 43.3. The fourth-order valence-corrected chi connectivity index (χ4v) is 6.80. The van der Waals surface area contributed by atoms with Gasteiger partial charge in [0.1, 0.15) is 54.4 Å². The van der Waals surface area contributed by atoms with Crippen molar-refractivity contribution in [1.29, 1.82) is 0 Å². The summed E-state index contributed by atoms with van der Waals surface area (Å²) in [4.78, 5) is 215. The third-order valence-electron chi connectivity index (χ3n) is 11.3. The lowest BCUT2D eigenvalue weighted by Crippen LogP contribution is -2.46. The molecule has 0 saturated heterocycles. The molecule has 0 aromatic carbocycles. The SMILES string of the molecule is N[C@H](CCC(=O)N[C@H](CCC(=O)N[C@H](CCC(=O)N[C@H](CCC(=O)N[C@H](CCC(=O)N[C@H](CCC(=O)N[C@H](CCC(=O)N[C@H](CCC(=O)N[C@H](CCC(=O)O)C(=O)O)C(=O)O)C(=O)O)C(=O)O)C(=O)O)C(=O)O)C(=O)O)C(=O)O)C(=O)O. The second-order valence-corrected chi connectivity index (χ2v) is 17.9. The normalized spacial score (nSPS) is 14.0. The maximum Gasteiger partial charge on any atom is 0.326 e. The second-order valence-electron chi connectivity index (χ2n) is 17.9. The first-order chi connectivity index (χ1) is 38.1. The summed E-state index contributed by atoms with van der Waals surface area (Å²) in [5, 5.41) is 110. The zero-order chi connectivity index (χ0) is 63.0. The molecule has 0 aromatic heterocycles. The van der Waals surface area contributed by atoms with Gasteiger partial charge in [-0.1, -0.05) is 0 Å².